The zero-order chi connectivity index (χ0) is 18.6. The summed E-state index contributed by atoms with van der Waals surface area (Å²) < 4.78 is 9.46. The van der Waals surface area contributed by atoms with E-state index in [-0.39, 0.29) is 0 Å². The highest BCUT2D eigenvalue weighted by Gasteiger charge is 2.20. The fourth-order valence-corrected chi connectivity index (χ4v) is 3.55. The summed E-state index contributed by atoms with van der Waals surface area (Å²) in [5.74, 6) is 2.01. The Bertz CT molecular complexity index is 864. The van der Waals surface area contributed by atoms with E-state index >= 15 is 0 Å². The number of hydrogen-bond acceptors (Lipinski definition) is 5. The Balaban J connectivity index is 1.42. The fraction of sp³-hybridized carbons (Fsp3) is 0.400. The second-order valence-corrected chi connectivity index (χ2v) is 6.95. The molecule has 142 valence electrons. The van der Waals surface area contributed by atoms with E-state index in [0.717, 1.165) is 56.5 Å². The molecule has 0 amide bonds. The zero-order valence-electron chi connectivity index (χ0n) is 16.0. The van der Waals surface area contributed by atoms with E-state index in [1.54, 1.807) is 7.11 Å². The van der Waals surface area contributed by atoms with Gasteiger partial charge in [-0.1, -0.05) is 0 Å². The molecule has 7 heteroatoms. The number of piperazine rings is 1. The number of aromatic nitrogens is 4. The maximum atomic E-state index is 5.44. The van der Waals surface area contributed by atoms with E-state index < -0.39 is 0 Å². The number of methoxy groups -OCH3 is 1. The highest BCUT2D eigenvalue weighted by Crippen LogP contribution is 2.23. The lowest BCUT2D eigenvalue weighted by atomic mass is 10.1. The molecule has 0 bridgehead atoms. The Kier molecular flexibility index (Phi) is 5.22. The van der Waals surface area contributed by atoms with Gasteiger partial charge in [0.2, 0.25) is 0 Å². The SMILES string of the molecule is COc1ccc(-n2cccn2)c(CN2CCN(Cc3nccn3C)CC2)c1. The number of imidazole rings is 1. The number of benzene rings is 1. The van der Waals surface area contributed by atoms with Crippen molar-refractivity contribution >= 4 is 0 Å². The van der Waals surface area contributed by atoms with Gasteiger partial charge in [-0.25, -0.2) is 9.67 Å². The molecule has 0 spiro atoms. The van der Waals surface area contributed by atoms with E-state index in [1.165, 1.54) is 5.56 Å². The molecule has 1 aliphatic heterocycles. The molecule has 1 fully saturated rings. The molecule has 27 heavy (non-hydrogen) atoms. The smallest absolute Gasteiger partial charge is 0.122 e. The Morgan fingerprint density at radius 1 is 1.00 bits per heavy atom. The van der Waals surface area contributed by atoms with Crippen molar-refractivity contribution in [3.63, 3.8) is 0 Å². The topological polar surface area (TPSA) is 51.4 Å². The predicted octanol–water partition coefficient (Wildman–Crippen LogP) is 1.93. The van der Waals surface area contributed by atoms with Crippen molar-refractivity contribution in [1.82, 2.24) is 29.1 Å². The summed E-state index contributed by atoms with van der Waals surface area (Å²) in [5, 5.41) is 4.40. The quantitative estimate of drug-likeness (QED) is 0.667. The van der Waals surface area contributed by atoms with Crippen molar-refractivity contribution < 1.29 is 4.74 Å². The number of nitrogens with zero attached hydrogens (tertiary/aromatic N) is 6. The molecule has 0 atom stereocenters. The summed E-state index contributed by atoms with van der Waals surface area (Å²) in [6.07, 6.45) is 7.66. The van der Waals surface area contributed by atoms with Crippen LogP contribution in [0.4, 0.5) is 0 Å². The summed E-state index contributed by atoms with van der Waals surface area (Å²) in [4.78, 5) is 9.41. The van der Waals surface area contributed by atoms with Crippen LogP contribution >= 0.6 is 0 Å². The van der Waals surface area contributed by atoms with Crippen molar-refractivity contribution in [2.24, 2.45) is 7.05 Å². The minimum atomic E-state index is 0.884. The van der Waals surface area contributed by atoms with Crippen LogP contribution in [0.15, 0.2) is 49.1 Å². The molecule has 3 aromatic rings. The first kappa shape index (κ1) is 17.8. The van der Waals surface area contributed by atoms with Crippen molar-refractivity contribution in [3.05, 3.63) is 60.4 Å². The van der Waals surface area contributed by atoms with Gasteiger partial charge in [-0.05, 0) is 29.8 Å². The molecule has 0 saturated carbocycles. The molecule has 1 aromatic carbocycles. The van der Waals surface area contributed by atoms with Crippen LogP contribution in [0.1, 0.15) is 11.4 Å². The van der Waals surface area contributed by atoms with Gasteiger partial charge in [0.05, 0.1) is 19.3 Å². The summed E-state index contributed by atoms with van der Waals surface area (Å²) in [5.41, 5.74) is 2.34. The average molecular weight is 366 g/mol. The van der Waals surface area contributed by atoms with E-state index in [0.29, 0.717) is 0 Å². The number of rotatable bonds is 6. The van der Waals surface area contributed by atoms with Gasteiger partial charge in [0, 0.05) is 64.6 Å². The Morgan fingerprint density at radius 3 is 2.41 bits per heavy atom. The third-order valence-electron chi connectivity index (χ3n) is 5.18. The monoisotopic (exact) mass is 366 g/mol. The second kappa shape index (κ2) is 7.94. The first-order valence-electron chi connectivity index (χ1n) is 9.31. The molecule has 3 heterocycles. The maximum absolute atomic E-state index is 5.44. The molecule has 2 aromatic heterocycles. The minimum Gasteiger partial charge on any atom is -0.497 e. The maximum Gasteiger partial charge on any atom is 0.122 e. The number of ether oxygens (including phenoxy) is 1. The van der Waals surface area contributed by atoms with Gasteiger partial charge in [-0.15, -0.1) is 0 Å². The second-order valence-electron chi connectivity index (χ2n) is 6.95. The summed E-state index contributed by atoms with van der Waals surface area (Å²) >= 11 is 0. The fourth-order valence-electron chi connectivity index (χ4n) is 3.55. The van der Waals surface area contributed by atoms with Crippen LogP contribution in [0.25, 0.3) is 5.69 Å². The van der Waals surface area contributed by atoms with Gasteiger partial charge in [-0.3, -0.25) is 9.80 Å². The Hall–Kier alpha value is -2.64. The highest BCUT2D eigenvalue weighted by molar-refractivity contribution is 5.45. The van der Waals surface area contributed by atoms with E-state index in [9.17, 15) is 0 Å². The Morgan fingerprint density at radius 2 is 1.78 bits per heavy atom. The standard InChI is InChI=1S/C20H26N6O/c1-23-9-7-21-20(23)16-25-12-10-24(11-13-25)15-17-14-18(27-2)4-5-19(17)26-8-3-6-22-26/h3-9,14H,10-13,15-16H2,1-2H3. The summed E-state index contributed by atoms with van der Waals surface area (Å²) in [7, 11) is 3.77. The van der Waals surface area contributed by atoms with Crippen LogP contribution < -0.4 is 4.74 Å². The van der Waals surface area contributed by atoms with Gasteiger partial charge in [0.15, 0.2) is 0 Å². The van der Waals surface area contributed by atoms with Crippen molar-refractivity contribution in [3.8, 4) is 11.4 Å². The lowest BCUT2D eigenvalue weighted by molar-refractivity contribution is 0.119. The Labute approximate surface area is 159 Å². The minimum absolute atomic E-state index is 0.884. The van der Waals surface area contributed by atoms with Gasteiger partial charge in [-0.2, -0.15) is 5.10 Å². The van der Waals surface area contributed by atoms with E-state index in [4.69, 9.17) is 4.74 Å². The van der Waals surface area contributed by atoms with Crippen LogP contribution in [0.2, 0.25) is 0 Å². The van der Waals surface area contributed by atoms with Gasteiger partial charge in [0.1, 0.15) is 11.6 Å². The zero-order valence-corrected chi connectivity index (χ0v) is 16.0. The highest BCUT2D eigenvalue weighted by atomic mass is 16.5. The average Bonchev–Trinajstić information content (AvgIpc) is 3.36. The molecule has 0 aliphatic carbocycles. The van der Waals surface area contributed by atoms with Crippen LogP contribution in [-0.4, -0.2) is 62.4 Å². The van der Waals surface area contributed by atoms with Crippen LogP contribution in [0, 0.1) is 0 Å². The summed E-state index contributed by atoms with van der Waals surface area (Å²) in [6, 6.07) is 8.14. The van der Waals surface area contributed by atoms with Crippen molar-refractivity contribution in [2.45, 2.75) is 13.1 Å². The first-order chi connectivity index (χ1) is 13.2. The van der Waals surface area contributed by atoms with Gasteiger partial charge < -0.3 is 9.30 Å². The van der Waals surface area contributed by atoms with Crippen molar-refractivity contribution in [2.75, 3.05) is 33.3 Å². The molecular weight excluding hydrogens is 340 g/mol. The lowest BCUT2D eigenvalue weighted by Crippen LogP contribution is -2.45. The molecular formula is C20H26N6O. The normalized spacial score (nSPS) is 15.9. The van der Waals surface area contributed by atoms with Crippen LogP contribution in [0.3, 0.4) is 0 Å². The third kappa shape index (κ3) is 4.04. The largest absolute Gasteiger partial charge is 0.497 e. The molecule has 0 N–H and O–H groups in total. The predicted molar refractivity (Wildman–Crippen MR) is 104 cm³/mol. The lowest BCUT2D eigenvalue weighted by Gasteiger charge is -2.34. The van der Waals surface area contributed by atoms with Crippen molar-refractivity contribution in [1.29, 1.82) is 0 Å². The van der Waals surface area contributed by atoms with E-state index in [2.05, 4.69) is 43.6 Å². The van der Waals surface area contributed by atoms with Crippen LogP contribution in [-0.2, 0) is 20.1 Å². The third-order valence-corrected chi connectivity index (χ3v) is 5.18. The summed E-state index contributed by atoms with van der Waals surface area (Å²) in [6.45, 7) is 5.99. The number of aryl methyl sites for hydroxylation is 1. The first-order valence-corrected chi connectivity index (χ1v) is 9.31. The molecule has 4 rings (SSSR count). The molecule has 7 nitrogen and oxygen atoms in total. The molecule has 0 unspecified atom stereocenters. The van der Waals surface area contributed by atoms with Crippen LogP contribution in [0.5, 0.6) is 5.75 Å². The molecule has 1 aliphatic rings. The van der Waals surface area contributed by atoms with Gasteiger partial charge in [0.25, 0.3) is 0 Å². The molecule has 0 radical (unpaired) electrons. The van der Waals surface area contributed by atoms with Gasteiger partial charge >= 0.3 is 0 Å². The van der Waals surface area contributed by atoms with E-state index in [1.807, 2.05) is 41.6 Å². The number of hydrogen-bond donors (Lipinski definition) is 0. The molecule has 1 saturated heterocycles.